The standard InChI is InChI=1S/C26H26FN5O/c1-19-6-5-9-24(29-19)30-21-10-11-23(22(27)18-21)31-13-15-32(16-14-31)25(26-28-12-17-33-26)20-7-3-2-4-8-20/h2-12,17-18,25H,13-16H2,1H3,(H,29,30). The van der Waals surface area contributed by atoms with Crippen LogP contribution < -0.4 is 10.2 Å². The summed E-state index contributed by atoms with van der Waals surface area (Å²) in [6, 6.07) is 21.2. The average molecular weight is 444 g/mol. The molecule has 2 aromatic heterocycles. The fourth-order valence-electron chi connectivity index (χ4n) is 4.34. The smallest absolute Gasteiger partial charge is 0.215 e. The minimum atomic E-state index is -0.242. The van der Waals surface area contributed by atoms with E-state index in [1.165, 1.54) is 6.07 Å². The lowest BCUT2D eigenvalue weighted by Gasteiger charge is -2.39. The van der Waals surface area contributed by atoms with Crippen molar-refractivity contribution in [2.45, 2.75) is 13.0 Å². The molecule has 1 saturated heterocycles. The Balaban J connectivity index is 1.28. The van der Waals surface area contributed by atoms with Gasteiger partial charge in [-0.05, 0) is 42.8 Å². The number of anilines is 3. The molecule has 2 aromatic carbocycles. The van der Waals surface area contributed by atoms with Crippen LogP contribution >= 0.6 is 0 Å². The second-order valence-electron chi connectivity index (χ2n) is 8.16. The third-order valence-electron chi connectivity index (χ3n) is 5.93. The van der Waals surface area contributed by atoms with Crippen molar-refractivity contribution < 1.29 is 8.81 Å². The summed E-state index contributed by atoms with van der Waals surface area (Å²) in [6.07, 6.45) is 3.29. The fraction of sp³-hybridized carbons (Fsp3) is 0.231. The van der Waals surface area contributed by atoms with E-state index in [0.717, 1.165) is 24.3 Å². The van der Waals surface area contributed by atoms with E-state index in [4.69, 9.17) is 4.42 Å². The third kappa shape index (κ3) is 4.73. The van der Waals surface area contributed by atoms with Crippen LogP contribution in [0.15, 0.2) is 83.6 Å². The highest BCUT2D eigenvalue weighted by Crippen LogP contribution is 2.31. The highest BCUT2D eigenvalue weighted by Gasteiger charge is 2.30. The van der Waals surface area contributed by atoms with Gasteiger partial charge in [0.05, 0.1) is 11.9 Å². The van der Waals surface area contributed by atoms with E-state index < -0.39 is 0 Å². The Morgan fingerprint density at radius 2 is 1.79 bits per heavy atom. The summed E-state index contributed by atoms with van der Waals surface area (Å²) in [6.45, 7) is 4.91. The molecule has 0 saturated carbocycles. The lowest BCUT2D eigenvalue weighted by Crippen LogP contribution is -2.48. The van der Waals surface area contributed by atoms with E-state index in [2.05, 4.69) is 37.2 Å². The van der Waals surface area contributed by atoms with Crippen LogP contribution in [0.2, 0.25) is 0 Å². The first kappa shape index (κ1) is 21.2. The van der Waals surface area contributed by atoms with Crippen molar-refractivity contribution >= 4 is 17.2 Å². The predicted molar refractivity (Wildman–Crippen MR) is 127 cm³/mol. The number of hydrogen-bond donors (Lipinski definition) is 1. The third-order valence-corrected chi connectivity index (χ3v) is 5.93. The van der Waals surface area contributed by atoms with Crippen molar-refractivity contribution in [1.82, 2.24) is 14.9 Å². The van der Waals surface area contributed by atoms with E-state index in [0.29, 0.717) is 36.2 Å². The predicted octanol–water partition coefficient (Wildman–Crippen LogP) is 5.17. The molecule has 5 rings (SSSR count). The monoisotopic (exact) mass is 443 g/mol. The average Bonchev–Trinajstić information content (AvgIpc) is 3.35. The second-order valence-corrected chi connectivity index (χ2v) is 8.16. The van der Waals surface area contributed by atoms with Gasteiger partial charge in [-0.15, -0.1) is 0 Å². The fourth-order valence-corrected chi connectivity index (χ4v) is 4.34. The molecule has 6 nitrogen and oxygen atoms in total. The summed E-state index contributed by atoms with van der Waals surface area (Å²) in [5.74, 6) is 1.14. The van der Waals surface area contributed by atoms with Gasteiger partial charge in [0.1, 0.15) is 23.9 Å². The van der Waals surface area contributed by atoms with Crippen molar-refractivity contribution in [3.63, 3.8) is 0 Å². The van der Waals surface area contributed by atoms with Crippen LogP contribution in [0.1, 0.15) is 23.2 Å². The van der Waals surface area contributed by atoms with Crippen molar-refractivity contribution in [2.75, 3.05) is 36.4 Å². The molecular weight excluding hydrogens is 417 g/mol. The van der Waals surface area contributed by atoms with Crippen molar-refractivity contribution in [3.8, 4) is 0 Å². The van der Waals surface area contributed by atoms with E-state index in [9.17, 15) is 0 Å². The topological polar surface area (TPSA) is 57.4 Å². The Labute approximate surface area is 192 Å². The van der Waals surface area contributed by atoms with Gasteiger partial charge in [0.2, 0.25) is 5.89 Å². The minimum absolute atomic E-state index is 0.0541. The first-order valence-corrected chi connectivity index (χ1v) is 11.1. The number of hydrogen-bond acceptors (Lipinski definition) is 6. The van der Waals surface area contributed by atoms with Gasteiger partial charge in [-0.25, -0.2) is 14.4 Å². The number of pyridine rings is 1. The Kier molecular flexibility index (Phi) is 6.04. The number of rotatable bonds is 6. The van der Waals surface area contributed by atoms with E-state index >= 15 is 4.39 Å². The zero-order valence-corrected chi connectivity index (χ0v) is 18.5. The molecule has 7 heteroatoms. The summed E-state index contributed by atoms with van der Waals surface area (Å²) < 4.78 is 20.7. The number of piperazine rings is 1. The highest BCUT2D eigenvalue weighted by atomic mass is 19.1. The van der Waals surface area contributed by atoms with Gasteiger partial charge in [-0.1, -0.05) is 36.4 Å². The van der Waals surface area contributed by atoms with Crippen molar-refractivity contribution in [1.29, 1.82) is 0 Å². The lowest BCUT2D eigenvalue weighted by atomic mass is 10.0. The van der Waals surface area contributed by atoms with E-state index in [-0.39, 0.29) is 11.9 Å². The van der Waals surface area contributed by atoms with Gasteiger partial charge in [-0.3, -0.25) is 4.90 Å². The summed E-state index contributed by atoms with van der Waals surface area (Å²) in [5, 5.41) is 3.18. The Morgan fingerprint density at radius 3 is 2.48 bits per heavy atom. The number of halogens is 1. The summed E-state index contributed by atoms with van der Waals surface area (Å²) in [5.41, 5.74) is 3.35. The maximum atomic E-state index is 15.0. The lowest BCUT2D eigenvalue weighted by molar-refractivity contribution is 0.187. The molecule has 1 fully saturated rings. The maximum absolute atomic E-state index is 15.0. The van der Waals surface area contributed by atoms with Gasteiger partial charge < -0.3 is 14.6 Å². The molecule has 1 aliphatic rings. The summed E-state index contributed by atoms with van der Waals surface area (Å²) in [4.78, 5) is 13.3. The van der Waals surface area contributed by atoms with Gasteiger partial charge in [-0.2, -0.15) is 0 Å². The quantitative estimate of drug-likeness (QED) is 0.444. The van der Waals surface area contributed by atoms with Crippen LogP contribution in [0.4, 0.5) is 21.6 Å². The Morgan fingerprint density at radius 1 is 0.970 bits per heavy atom. The molecule has 4 aromatic rings. The SMILES string of the molecule is Cc1cccc(Nc2ccc(N3CCN(C(c4ccccc4)c4ncco4)CC3)c(F)c2)n1. The molecule has 1 atom stereocenters. The van der Waals surface area contributed by atoms with Crippen LogP contribution in [-0.2, 0) is 0 Å². The molecule has 1 aliphatic heterocycles. The Hall–Kier alpha value is -3.71. The van der Waals surface area contributed by atoms with Crippen molar-refractivity contribution in [3.05, 3.63) is 102 Å². The van der Waals surface area contributed by atoms with Gasteiger partial charge in [0.15, 0.2) is 0 Å². The molecule has 0 spiro atoms. The molecule has 0 aliphatic carbocycles. The molecule has 0 amide bonds. The largest absolute Gasteiger partial charge is 0.447 e. The summed E-state index contributed by atoms with van der Waals surface area (Å²) in [7, 11) is 0. The normalized spacial score (nSPS) is 15.4. The molecule has 0 bridgehead atoms. The zero-order chi connectivity index (χ0) is 22.6. The van der Waals surface area contributed by atoms with Crippen LogP contribution in [0.25, 0.3) is 0 Å². The Bertz CT molecular complexity index is 1190. The van der Waals surface area contributed by atoms with Crippen molar-refractivity contribution in [2.24, 2.45) is 0 Å². The highest BCUT2D eigenvalue weighted by molar-refractivity contribution is 5.61. The van der Waals surface area contributed by atoms with Gasteiger partial charge >= 0.3 is 0 Å². The molecule has 1 N–H and O–H groups in total. The number of oxazole rings is 1. The van der Waals surface area contributed by atoms with Crippen LogP contribution in [-0.4, -0.2) is 41.0 Å². The number of benzene rings is 2. The first-order chi connectivity index (χ1) is 16.2. The molecule has 0 radical (unpaired) electrons. The minimum Gasteiger partial charge on any atom is -0.447 e. The van der Waals surface area contributed by atoms with E-state index in [1.807, 2.05) is 55.5 Å². The second kappa shape index (κ2) is 9.42. The number of nitrogens with zero attached hydrogens (tertiary/aromatic N) is 4. The molecule has 33 heavy (non-hydrogen) atoms. The van der Waals surface area contributed by atoms with E-state index in [1.54, 1.807) is 12.5 Å². The molecular formula is C26H26FN5O. The van der Waals surface area contributed by atoms with Gasteiger partial charge in [0.25, 0.3) is 0 Å². The molecule has 168 valence electrons. The van der Waals surface area contributed by atoms with Crippen LogP contribution in [0, 0.1) is 12.7 Å². The molecule has 1 unspecified atom stereocenters. The molecule has 3 heterocycles. The zero-order valence-electron chi connectivity index (χ0n) is 18.5. The number of aryl methyl sites for hydroxylation is 1. The van der Waals surface area contributed by atoms with Gasteiger partial charge in [0, 0.05) is 37.6 Å². The maximum Gasteiger partial charge on any atom is 0.215 e. The number of aromatic nitrogens is 2. The number of nitrogens with one attached hydrogen (secondary N) is 1. The first-order valence-electron chi connectivity index (χ1n) is 11.1. The van der Waals surface area contributed by atoms with Crippen LogP contribution in [0.3, 0.4) is 0 Å². The van der Waals surface area contributed by atoms with Crippen LogP contribution in [0.5, 0.6) is 0 Å². The summed E-state index contributed by atoms with van der Waals surface area (Å²) >= 11 is 0.